The highest BCUT2D eigenvalue weighted by Gasteiger charge is 2.29. The van der Waals surface area contributed by atoms with Crippen LogP contribution in [0.15, 0.2) is 72.8 Å². The summed E-state index contributed by atoms with van der Waals surface area (Å²) in [6.07, 6.45) is 0. The van der Waals surface area contributed by atoms with E-state index in [4.69, 9.17) is 9.47 Å². The van der Waals surface area contributed by atoms with Crippen LogP contribution in [0.1, 0.15) is 21.5 Å². The fraction of sp³-hybridized carbons (Fsp3) is 0.233. The summed E-state index contributed by atoms with van der Waals surface area (Å²) in [5.41, 5.74) is 4.94. The van der Waals surface area contributed by atoms with Crippen molar-refractivity contribution in [1.29, 1.82) is 0 Å². The molecule has 1 heterocycles. The van der Waals surface area contributed by atoms with Crippen LogP contribution < -0.4 is 15.5 Å². The quantitative estimate of drug-likeness (QED) is 0.234. The largest absolute Gasteiger partial charge is 0.460 e. The number of methoxy groups -OCH3 is 1. The van der Waals surface area contributed by atoms with E-state index in [2.05, 4.69) is 10.6 Å². The van der Waals surface area contributed by atoms with Crippen LogP contribution in [0, 0.1) is 0 Å². The molecule has 1 aliphatic heterocycles. The maximum Gasteiger partial charge on any atom is 0.338 e. The Bertz CT molecular complexity index is 1380. The minimum Gasteiger partial charge on any atom is -0.460 e. The van der Waals surface area contributed by atoms with Gasteiger partial charge in [-0.15, -0.1) is 0 Å². The average molecular weight is 529 g/mol. The number of fused-ring (bicyclic) bond motifs is 1. The summed E-state index contributed by atoms with van der Waals surface area (Å²) in [5, 5.41) is 6.29. The van der Waals surface area contributed by atoms with Crippen LogP contribution >= 0.6 is 0 Å². The van der Waals surface area contributed by atoms with E-state index >= 15 is 0 Å². The van der Waals surface area contributed by atoms with Gasteiger partial charge in [-0.25, -0.2) is 4.79 Å². The predicted octanol–water partition coefficient (Wildman–Crippen LogP) is 3.95. The third kappa shape index (κ3) is 6.51. The van der Waals surface area contributed by atoms with Gasteiger partial charge in [-0.2, -0.15) is 0 Å². The first kappa shape index (κ1) is 27.6. The number of nitrogens with one attached hydrogen (secondary N) is 2. The van der Waals surface area contributed by atoms with Gasteiger partial charge in [0.1, 0.15) is 6.61 Å². The lowest BCUT2D eigenvalue weighted by Crippen LogP contribution is -2.34. The number of hydrogen-bond donors (Lipinski definition) is 2. The topological polar surface area (TPSA) is 100 Å². The molecule has 202 valence electrons. The van der Waals surface area contributed by atoms with Crippen LogP contribution in [0.2, 0.25) is 0 Å². The Morgan fingerprint density at radius 2 is 1.62 bits per heavy atom. The van der Waals surface area contributed by atoms with Gasteiger partial charge >= 0.3 is 5.97 Å². The van der Waals surface area contributed by atoms with Crippen LogP contribution in [-0.4, -0.2) is 70.7 Å². The Balaban J connectivity index is 1.66. The summed E-state index contributed by atoms with van der Waals surface area (Å²) in [5.74, 6) is -0.794. The molecule has 39 heavy (non-hydrogen) atoms. The molecule has 3 aromatic carbocycles. The van der Waals surface area contributed by atoms with E-state index in [1.165, 1.54) is 7.11 Å². The first-order valence-electron chi connectivity index (χ1n) is 12.5. The van der Waals surface area contributed by atoms with Gasteiger partial charge in [0.05, 0.1) is 35.7 Å². The fourth-order valence-electron chi connectivity index (χ4n) is 4.17. The third-order valence-electron chi connectivity index (χ3n) is 6.18. The lowest BCUT2D eigenvalue weighted by molar-refractivity contribution is -0.119. The van der Waals surface area contributed by atoms with Crippen molar-refractivity contribution in [1.82, 2.24) is 4.90 Å². The molecule has 1 aliphatic rings. The molecular formula is C30H32N4O5. The highest BCUT2D eigenvalue weighted by Crippen LogP contribution is 2.38. The maximum atomic E-state index is 13.2. The Hall–Kier alpha value is -4.47. The summed E-state index contributed by atoms with van der Waals surface area (Å²) < 4.78 is 10.1. The molecule has 9 nitrogen and oxygen atoms in total. The van der Waals surface area contributed by atoms with Crippen LogP contribution in [0.25, 0.3) is 11.3 Å². The normalized spacial score (nSPS) is 13.5. The zero-order valence-electron chi connectivity index (χ0n) is 22.5. The molecule has 4 rings (SSSR count). The van der Waals surface area contributed by atoms with E-state index in [1.807, 2.05) is 73.6 Å². The van der Waals surface area contributed by atoms with Gasteiger partial charge in [0.2, 0.25) is 5.91 Å². The molecule has 0 aromatic heterocycles. The standard InChI is InChI=1S/C30H32N4O5/c1-33(2)19-26(35)34(3)23-13-11-22(12-14-23)31-28(20-8-6-5-7-9-20)27-24-15-10-21(18-25(24)32-29(27)36)30(37)39-17-16-38-4/h5-15,18,31H,16-17,19H2,1-4H3,(H,32,36)/b28-27-. The van der Waals surface area contributed by atoms with Crippen LogP contribution in [-0.2, 0) is 19.1 Å². The average Bonchev–Trinajstić information content (AvgIpc) is 3.26. The van der Waals surface area contributed by atoms with Gasteiger partial charge in [-0.1, -0.05) is 36.4 Å². The van der Waals surface area contributed by atoms with Crippen molar-refractivity contribution in [2.45, 2.75) is 0 Å². The summed E-state index contributed by atoms with van der Waals surface area (Å²) in [4.78, 5) is 41.5. The number of likely N-dealkylation sites (N-methyl/N-ethyl adjacent to an activating group) is 2. The second kappa shape index (κ2) is 12.4. The molecule has 2 N–H and O–H groups in total. The number of carbonyl (C=O) groups is 3. The molecule has 0 saturated heterocycles. The minimum absolute atomic E-state index is 0.0195. The van der Waals surface area contributed by atoms with Crippen LogP contribution in [0.3, 0.4) is 0 Å². The number of anilines is 3. The van der Waals surface area contributed by atoms with Crippen LogP contribution in [0.5, 0.6) is 0 Å². The fourth-order valence-corrected chi connectivity index (χ4v) is 4.17. The molecule has 0 saturated carbocycles. The Morgan fingerprint density at radius 1 is 0.897 bits per heavy atom. The third-order valence-corrected chi connectivity index (χ3v) is 6.18. The molecule has 9 heteroatoms. The number of rotatable bonds is 10. The van der Waals surface area contributed by atoms with Crippen molar-refractivity contribution < 1.29 is 23.9 Å². The molecule has 0 fully saturated rings. The molecule has 0 unspecified atom stereocenters. The van der Waals surface area contributed by atoms with Crippen molar-refractivity contribution in [2.75, 3.05) is 63.5 Å². The first-order valence-corrected chi connectivity index (χ1v) is 12.5. The van der Waals surface area contributed by atoms with Crippen LogP contribution in [0.4, 0.5) is 17.1 Å². The van der Waals surface area contributed by atoms with E-state index in [9.17, 15) is 14.4 Å². The highest BCUT2D eigenvalue weighted by atomic mass is 16.6. The second-order valence-electron chi connectivity index (χ2n) is 9.32. The molecule has 2 amide bonds. The first-order chi connectivity index (χ1) is 18.8. The van der Waals surface area contributed by atoms with Crippen molar-refractivity contribution >= 4 is 46.1 Å². The van der Waals surface area contributed by atoms with E-state index in [0.717, 1.165) is 16.9 Å². The number of nitrogens with zero attached hydrogens (tertiary/aromatic N) is 2. The zero-order valence-corrected chi connectivity index (χ0v) is 22.5. The smallest absolute Gasteiger partial charge is 0.338 e. The summed E-state index contributed by atoms with van der Waals surface area (Å²) in [6, 6.07) is 22.0. The maximum absolute atomic E-state index is 13.2. The van der Waals surface area contributed by atoms with Gasteiger partial charge < -0.3 is 29.9 Å². The Kier molecular flexibility index (Phi) is 8.75. The van der Waals surface area contributed by atoms with Gasteiger partial charge in [-0.05, 0) is 56.1 Å². The highest BCUT2D eigenvalue weighted by molar-refractivity contribution is 6.37. The Morgan fingerprint density at radius 3 is 2.28 bits per heavy atom. The number of amides is 2. The number of ether oxygens (including phenoxy) is 2. The van der Waals surface area contributed by atoms with Crippen molar-refractivity contribution in [3.05, 3.63) is 89.5 Å². The second-order valence-corrected chi connectivity index (χ2v) is 9.32. The van der Waals surface area contributed by atoms with Gasteiger partial charge in [0, 0.05) is 31.1 Å². The van der Waals surface area contributed by atoms with Crippen molar-refractivity contribution in [3.63, 3.8) is 0 Å². The molecule has 0 radical (unpaired) electrons. The van der Waals surface area contributed by atoms with E-state index in [-0.39, 0.29) is 18.4 Å². The number of hydrogen-bond acceptors (Lipinski definition) is 7. The molecule has 0 aliphatic carbocycles. The zero-order chi connectivity index (χ0) is 27.9. The van der Waals surface area contributed by atoms with Gasteiger partial charge in [0.15, 0.2) is 0 Å². The minimum atomic E-state index is -0.489. The van der Waals surface area contributed by atoms with Crippen molar-refractivity contribution in [3.8, 4) is 0 Å². The molecule has 3 aromatic rings. The summed E-state index contributed by atoms with van der Waals surface area (Å²) in [7, 11) is 6.98. The molecule has 0 spiro atoms. The predicted molar refractivity (Wildman–Crippen MR) is 153 cm³/mol. The van der Waals surface area contributed by atoms with Gasteiger partial charge in [0.25, 0.3) is 5.91 Å². The monoisotopic (exact) mass is 528 g/mol. The summed E-state index contributed by atoms with van der Waals surface area (Å²) >= 11 is 0. The number of carbonyl (C=O) groups excluding carboxylic acids is 3. The summed E-state index contributed by atoms with van der Waals surface area (Å²) in [6.45, 7) is 0.752. The van der Waals surface area contributed by atoms with E-state index < -0.39 is 5.97 Å². The number of benzene rings is 3. The lowest BCUT2D eigenvalue weighted by atomic mass is 9.99. The Labute approximate surface area is 228 Å². The molecule has 0 bridgehead atoms. The van der Waals surface area contributed by atoms with E-state index in [0.29, 0.717) is 41.2 Å². The SMILES string of the molecule is COCCOC(=O)c1ccc2c(c1)NC(=O)/C2=C(\Nc1ccc(N(C)C(=O)CN(C)C)cc1)c1ccccc1. The number of esters is 1. The lowest BCUT2D eigenvalue weighted by Gasteiger charge is -2.20. The molecule has 0 atom stereocenters. The van der Waals surface area contributed by atoms with Gasteiger partial charge in [-0.3, -0.25) is 9.59 Å². The molecular weight excluding hydrogens is 496 g/mol. The van der Waals surface area contributed by atoms with Crippen molar-refractivity contribution in [2.24, 2.45) is 0 Å². The van der Waals surface area contributed by atoms with E-state index in [1.54, 1.807) is 30.1 Å².